The quantitative estimate of drug-likeness (QED) is 0.854. The molecule has 1 saturated heterocycles. The van der Waals surface area contributed by atoms with Crippen molar-refractivity contribution in [2.75, 3.05) is 29.5 Å². The topological polar surface area (TPSA) is 46.0 Å². The number of benzene rings is 1. The fourth-order valence-corrected chi connectivity index (χ4v) is 3.39. The standard InChI is InChI=1S/C15H18FN5S2/c1-11(22)17-9-12-10-21(19-18-12)13-2-3-15(14(16)8-13)20-4-6-23-7-5-20/h2-3,8,10H,4-7,9H2,1H3,(H,17,22). The van der Waals surface area contributed by atoms with Gasteiger partial charge in [0.2, 0.25) is 0 Å². The molecule has 5 nitrogen and oxygen atoms in total. The Morgan fingerprint density at radius 1 is 1.39 bits per heavy atom. The van der Waals surface area contributed by atoms with Gasteiger partial charge in [0.1, 0.15) is 11.5 Å². The number of rotatable bonds is 4. The van der Waals surface area contributed by atoms with E-state index < -0.39 is 0 Å². The average molecular weight is 351 g/mol. The highest BCUT2D eigenvalue weighted by Gasteiger charge is 2.16. The summed E-state index contributed by atoms with van der Waals surface area (Å²) in [4.78, 5) is 2.80. The fourth-order valence-electron chi connectivity index (χ4n) is 2.42. The number of nitrogens with zero attached hydrogens (tertiary/aromatic N) is 4. The van der Waals surface area contributed by atoms with E-state index >= 15 is 0 Å². The van der Waals surface area contributed by atoms with E-state index in [2.05, 4.69) is 20.5 Å². The second kappa shape index (κ2) is 7.27. The Hall–Kier alpha value is -1.67. The van der Waals surface area contributed by atoms with Crippen molar-refractivity contribution in [3.63, 3.8) is 0 Å². The summed E-state index contributed by atoms with van der Waals surface area (Å²) < 4.78 is 16.0. The largest absolute Gasteiger partial charge is 0.374 e. The van der Waals surface area contributed by atoms with Crippen molar-refractivity contribution in [2.45, 2.75) is 13.5 Å². The van der Waals surface area contributed by atoms with Crippen LogP contribution in [0.2, 0.25) is 0 Å². The first kappa shape index (κ1) is 16.2. The SMILES string of the molecule is CC(=S)NCc1cn(-c2ccc(N3CCSCC3)c(F)c2)nn1. The number of aromatic nitrogens is 3. The highest BCUT2D eigenvalue weighted by Crippen LogP contribution is 2.24. The van der Waals surface area contributed by atoms with Gasteiger partial charge in [-0.15, -0.1) is 5.10 Å². The smallest absolute Gasteiger partial charge is 0.148 e. The first-order valence-corrected chi connectivity index (χ1v) is 8.98. The van der Waals surface area contributed by atoms with Crippen molar-refractivity contribution in [1.29, 1.82) is 0 Å². The van der Waals surface area contributed by atoms with Crippen LogP contribution in [0.4, 0.5) is 10.1 Å². The third kappa shape index (κ3) is 4.00. The molecular formula is C15H18FN5S2. The van der Waals surface area contributed by atoms with Crippen molar-refractivity contribution < 1.29 is 4.39 Å². The van der Waals surface area contributed by atoms with Crippen LogP contribution in [-0.2, 0) is 6.54 Å². The van der Waals surface area contributed by atoms with Gasteiger partial charge in [-0.05, 0) is 19.1 Å². The Labute approximate surface area is 144 Å². The molecule has 122 valence electrons. The molecule has 0 saturated carbocycles. The molecule has 0 aliphatic carbocycles. The van der Waals surface area contributed by atoms with Gasteiger partial charge in [-0.3, -0.25) is 0 Å². The zero-order valence-corrected chi connectivity index (χ0v) is 14.5. The second-order valence-corrected chi connectivity index (χ2v) is 7.14. The molecule has 8 heteroatoms. The van der Waals surface area contributed by atoms with Gasteiger partial charge in [0.05, 0.1) is 29.1 Å². The zero-order chi connectivity index (χ0) is 16.2. The second-order valence-electron chi connectivity index (χ2n) is 5.30. The molecule has 0 atom stereocenters. The van der Waals surface area contributed by atoms with Crippen LogP contribution in [0.25, 0.3) is 5.69 Å². The summed E-state index contributed by atoms with van der Waals surface area (Å²) in [6, 6.07) is 5.20. The van der Waals surface area contributed by atoms with E-state index in [0.29, 0.717) is 22.9 Å². The number of thioether (sulfide) groups is 1. The van der Waals surface area contributed by atoms with E-state index in [1.807, 2.05) is 30.8 Å². The summed E-state index contributed by atoms with van der Waals surface area (Å²) >= 11 is 6.87. The lowest BCUT2D eigenvalue weighted by Crippen LogP contribution is -2.33. The maximum absolute atomic E-state index is 14.4. The average Bonchev–Trinajstić information content (AvgIpc) is 3.02. The predicted molar refractivity (Wildman–Crippen MR) is 96.0 cm³/mol. The van der Waals surface area contributed by atoms with Gasteiger partial charge < -0.3 is 10.2 Å². The van der Waals surface area contributed by atoms with Crippen LogP contribution >= 0.6 is 24.0 Å². The van der Waals surface area contributed by atoms with Crippen LogP contribution in [0.5, 0.6) is 0 Å². The van der Waals surface area contributed by atoms with Crippen LogP contribution in [0.15, 0.2) is 24.4 Å². The Morgan fingerprint density at radius 2 is 2.17 bits per heavy atom. The van der Waals surface area contributed by atoms with Crippen molar-refractivity contribution in [3.8, 4) is 5.69 Å². The number of hydrogen-bond acceptors (Lipinski definition) is 5. The molecule has 0 unspecified atom stereocenters. The van der Waals surface area contributed by atoms with Crippen molar-refractivity contribution in [2.24, 2.45) is 0 Å². The van der Waals surface area contributed by atoms with E-state index in [9.17, 15) is 4.39 Å². The van der Waals surface area contributed by atoms with Gasteiger partial charge in [0.15, 0.2) is 0 Å². The maximum atomic E-state index is 14.4. The molecule has 1 fully saturated rings. The molecule has 0 amide bonds. The van der Waals surface area contributed by atoms with Crippen LogP contribution in [0.1, 0.15) is 12.6 Å². The molecule has 1 aliphatic heterocycles. The minimum atomic E-state index is -0.223. The van der Waals surface area contributed by atoms with Gasteiger partial charge in [0, 0.05) is 30.7 Å². The first-order valence-electron chi connectivity index (χ1n) is 7.42. The summed E-state index contributed by atoms with van der Waals surface area (Å²) in [5, 5.41) is 11.1. The van der Waals surface area contributed by atoms with Crippen molar-refractivity contribution >= 4 is 34.7 Å². The minimum absolute atomic E-state index is 0.223. The minimum Gasteiger partial charge on any atom is -0.374 e. The van der Waals surface area contributed by atoms with Gasteiger partial charge in [-0.2, -0.15) is 11.8 Å². The lowest BCUT2D eigenvalue weighted by Gasteiger charge is -2.28. The first-order chi connectivity index (χ1) is 11.1. The van der Waals surface area contributed by atoms with Crippen LogP contribution < -0.4 is 10.2 Å². The van der Waals surface area contributed by atoms with Crippen molar-refractivity contribution in [1.82, 2.24) is 20.3 Å². The Bertz CT molecular complexity index is 697. The molecule has 0 spiro atoms. The molecule has 0 bridgehead atoms. The molecule has 0 radical (unpaired) electrons. The highest BCUT2D eigenvalue weighted by atomic mass is 32.2. The number of thiocarbonyl (C=S) groups is 1. The number of anilines is 1. The number of hydrogen-bond donors (Lipinski definition) is 1. The summed E-state index contributed by atoms with van der Waals surface area (Å²) in [6.07, 6.45) is 1.78. The zero-order valence-electron chi connectivity index (χ0n) is 12.8. The maximum Gasteiger partial charge on any atom is 0.148 e. The monoisotopic (exact) mass is 351 g/mol. The fraction of sp³-hybridized carbons (Fsp3) is 0.400. The predicted octanol–water partition coefficient (Wildman–Crippen LogP) is 2.40. The third-order valence-corrected chi connectivity index (χ3v) is 4.69. The normalized spacial score (nSPS) is 14.8. The summed E-state index contributed by atoms with van der Waals surface area (Å²) in [5.41, 5.74) is 2.08. The Morgan fingerprint density at radius 3 is 2.87 bits per heavy atom. The van der Waals surface area contributed by atoms with Crippen molar-refractivity contribution in [3.05, 3.63) is 35.9 Å². The molecule has 3 rings (SSSR count). The van der Waals surface area contributed by atoms with Crippen LogP contribution in [0.3, 0.4) is 0 Å². The van der Waals surface area contributed by atoms with Crippen LogP contribution in [-0.4, -0.2) is 44.6 Å². The molecular weight excluding hydrogens is 333 g/mol. The Balaban J connectivity index is 1.75. The van der Waals surface area contributed by atoms with Gasteiger partial charge >= 0.3 is 0 Å². The molecule has 1 aliphatic rings. The van der Waals surface area contributed by atoms with E-state index in [1.54, 1.807) is 10.9 Å². The summed E-state index contributed by atoms with van der Waals surface area (Å²) in [6.45, 7) is 4.10. The molecule has 1 aromatic heterocycles. The summed E-state index contributed by atoms with van der Waals surface area (Å²) in [5.74, 6) is 1.86. The lowest BCUT2D eigenvalue weighted by atomic mass is 10.2. The molecule has 2 heterocycles. The lowest BCUT2D eigenvalue weighted by molar-refractivity contribution is 0.617. The van der Waals surface area contributed by atoms with E-state index in [4.69, 9.17) is 12.2 Å². The van der Waals surface area contributed by atoms with E-state index in [1.165, 1.54) is 6.07 Å². The highest BCUT2D eigenvalue weighted by molar-refractivity contribution is 7.99. The summed E-state index contributed by atoms with van der Waals surface area (Å²) in [7, 11) is 0. The van der Waals surface area contributed by atoms with Gasteiger partial charge in [-0.1, -0.05) is 17.4 Å². The molecule has 23 heavy (non-hydrogen) atoms. The number of nitrogens with one attached hydrogen (secondary N) is 1. The van der Waals surface area contributed by atoms with E-state index in [-0.39, 0.29) is 5.82 Å². The van der Waals surface area contributed by atoms with Gasteiger partial charge in [-0.25, -0.2) is 9.07 Å². The van der Waals surface area contributed by atoms with Gasteiger partial charge in [0.25, 0.3) is 0 Å². The molecule has 1 N–H and O–H groups in total. The molecule has 1 aromatic carbocycles. The third-order valence-electron chi connectivity index (χ3n) is 3.61. The van der Waals surface area contributed by atoms with E-state index in [0.717, 1.165) is 30.3 Å². The number of halogens is 1. The van der Waals surface area contributed by atoms with Crippen LogP contribution in [0, 0.1) is 5.82 Å². The molecule has 2 aromatic rings. The Kier molecular flexibility index (Phi) is 5.12.